The molecule has 0 saturated heterocycles. The standard InChI is InChI=1S/C15H14Cl2N2O5/c1-8-3-4-10(16)15(14(8)17)18-11(20)6-23-13(21)7-22-12-5-9(2)24-19-12/h3-5H,6-7H2,1-2H3,(H,18,20). The molecule has 0 fully saturated rings. The van der Waals surface area contributed by atoms with Crippen LogP contribution in [0.2, 0.25) is 10.0 Å². The third-order valence-corrected chi connectivity index (χ3v) is 3.66. The Morgan fingerprint density at radius 2 is 2.00 bits per heavy atom. The van der Waals surface area contributed by atoms with E-state index in [4.69, 9.17) is 37.2 Å². The maximum atomic E-state index is 11.8. The molecular formula is C15H14Cl2N2O5. The lowest BCUT2D eigenvalue weighted by Gasteiger charge is -2.11. The predicted octanol–water partition coefficient (Wildman–Crippen LogP) is 3.16. The number of ether oxygens (including phenoxy) is 2. The van der Waals surface area contributed by atoms with Crippen LogP contribution in [0, 0.1) is 13.8 Å². The fourth-order valence-corrected chi connectivity index (χ4v) is 2.14. The summed E-state index contributed by atoms with van der Waals surface area (Å²) in [6.07, 6.45) is 0. The van der Waals surface area contributed by atoms with E-state index < -0.39 is 25.1 Å². The first-order valence-corrected chi connectivity index (χ1v) is 7.58. The number of carbonyl (C=O) groups is 2. The second-order valence-corrected chi connectivity index (χ2v) is 5.61. The Morgan fingerprint density at radius 3 is 2.67 bits per heavy atom. The lowest BCUT2D eigenvalue weighted by atomic mass is 10.2. The fourth-order valence-electron chi connectivity index (χ4n) is 1.68. The van der Waals surface area contributed by atoms with Gasteiger partial charge in [0.25, 0.3) is 11.8 Å². The van der Waals surface area contributed by atoms with Gasteiger partial charge in [0.05, 0.1) is 15.7 Å². The lowest BCUT2D eigenvalue weighted by Crippen LogP contribution is -2.24. The molecule has 9 heteroatoms. The normalized spacial score (nSPS) is 10.3. The van der Waals surface area contributed by atoms with Crippen molar-refractivity contribution in [1.82, 2.24) is 5.16 Å². The fraction of sp³-hybridized carbons (Fsp3) is 0.267. The molecule has 0 atom stereocenters. The molecule has 1 aromatic carbocycles. The first-order chi connectivity index (χ1) is 11.4. The van der Waals surface area contributed by atoms with Crippen LogP contribution in [0.5, 0.6) is 5.88 Å². The van der Waals surface area contributed by atoms with Gasteiger partial charge in [0, 0.05) is 6.07 Å². The number of nitrogens with one attached hydrogen (secondary N) is 1. The van der Waals surface area contributed by atoms with Crippen LogP contribution in [0.3, 0.4) is 0 Å². The summed E-state index contributed by atoms with van der Waals surface area (Å²) in [6, 6.07) is 4.85. The Hall–Kier alpha value is -2.25. The van der Waals surface area contributed by atoms with E-state index in [9.17, 15) is 9.59 Å². The molecule has 0 radical (unpaired) electrons. The van der Waals surface area contributed by atoms with Gasteiger partial charge in [-0.1, -0.05) is 29.3 Å². The van der Waals surface area contributed by atoms with Gasteiger partial charge in [-0.3, -0.25) is 4.79 Å². The highest BCUT2D eigenvalue weighted by atomic mass is 35.5. The minimum atomic E-state index is -0.729. The van der Waals surface area contributed by atoms with Crippen LogP contribution in [-0.4, -0.2) is 30.2 Å². The molecule has 0 spiro atoms. The summed E-state index contributed by atoms with van der Waals surface area (Å²) >= 11 is 12.1. The van der Waals surface area contributed by atoms with E-state index in [-0.39, 0.29) is 16.6 Å². The summed E-state index contributed by atoms with van der Waals surface area (Å²) in [5, 5.41) is 6.67. The minimum Gasteiger partial charge on any atom is -0.463 e. The van der Waals surface area contributed by atoms with Crippen molar-refractivity contribution in [3.8, 4) is 5.88 Å². The number of hydrogen-bond donors (Lipinski definition) is 1. The molecule has 0 aliphatic carbocycles. The van der Waals surface area contributed by atoms with Crippen LogP contribution in [0.4, 0.5) is 5.69 Å². The van der Waals surface area contributed by atoms with Crippen LogP contribution in [0.25, 0.3) is 0 Å². The molecule has 128 valence electrons. The summed E-state index contributed by atoms with van der Waals surface area (Å²) < 4.78 is 14.6. The molecule has 24 heavy (non-hydrogen) atoms. The van der Waals surface area contributed by atoms with Crippen molar-refractivity contribution in [3.05, 3.63) is 39.6 Å². The van der Waals surface area contributed by atoms with Crippen molar-refractivity contribution in [2.45, 2.75) is 13.8 Å². The number of nitrogens with zero attached hydrogens (tertiary/aromatic N) is 1. The number of anilines is 1. The highest BCUT2D eigenvalue weighted by Crippen LogP contribution is 2.32. The van der Waals surface area contributed by atoms with Gasteiger partial charge in [0.2, 0.25) is 0 Å². The minimum absolute atomic E-state index is 0.159. The molecule has 1 N–H and O–H groups in total. The Balaban J connectivity index is 1.81. The van der Waals surface area contributed by atoms with Crippen molar-refractivity contribution >= 4 is 40.8 Å². The van der Waals surface area contributed by atoms with Gasteiger partial charge in [0.1, 0.15) is 5.76 Å². The summed E-state index contributed by atoms with van der Waals surface area (Å²) in [5.74, 6) is -0.598. The first kappa shape index (κ1) is 18.1. The average molecular weight is 373 g/mol. The first-order valence-electron chi connectivity index (χ1n) is 6.83. The van der Waals surface area contributed by atoms with Gasteiger partial charge in [-0.05, 0) is 30.6 Å². The Labute approximate surface area is 147 Å². The third-order valence-electron chi connectivity index (χ3n) is 2.86. The van der Waals surface area contributed by atoms with E-state index >= 15 is 0 Å². The van der Waals surface area contributed by atoms with E-state index in [1.165, 1.54) is 6.07 Å². The van der Waals surface area contributed by atoms with E-state index in [2.05, 4.69) is 10.5 Å². The summed E-state index contributed by atoms with van der Waals surface area (Å²) in [7, 11) is 0. The van der Waals surface area contributed by atoms with Crippen molar-refractivity contribution in [2.75, 3.05) is 18.5 Å². The highest BCUT2D eigenvalue weighted by Gasteiger charge is 2.14. The zero-order valence-electron chi connectivity index (χ0n) is 12.9. The van der Waals surface area contributed by atoms with Crippen molar-refractivity contribution in [1.29, 1.82) is 0 Å². The molecule has 7 nitrogen and oxygen atoms in total. The number of aryl methyl sites for hydroxylation is 2. The Kier molecular flexibility index (Phi) is 6.05. The maximum Gasteiger partial charge on any atom is 0.344 e. The number of esters is 1. The van der Waals surface area contributed by atoms with Crippen LogP contribution < -0.4 is 10.1 Å². The smallest absolute Gasteiger partial charge is 0.344 e. The number of rotatable bonds is 6. The largest absolute Gasteiger partial charge is 0.463 e. The summed E-state index contributed by atoms with van der Waals surface area (Å²) in [5.41, 5.74) is 1.03. The van der Waals surface area contributed by atoms with E-state index in [1.807, 2.05) is 0 Å². The van der Waals surface area contributed by atoms with Gasteiger partial charge in [0.15, 0.2) is 13.2 Å². The molecule has 0 aliphatic heterocycles. The number of benzene rings is 1. The van der Waals surface area contributed by atoms with Crippen molar-refractivity contribution in [2.24, 2.45) is 0 Å². The topological polar surface area (TPSA) is 90.7 Å². The second-order valence-electron chi connectivity index (χ2n) is 4.83. The number of carbonyl (C=O) groups excluding carboxylic acids is 2. The van der Waals surface area contributed by atoms with Crippen LogP contribution in [-0.2, 0) is 14.3 Å². The Bertz CT molecular complexity index is 760. The van der Waals surface area contributed by atoms with Crippen LogP contribution >= 0.6 is 23.2 Å². The molecule has 0 saturated carbocycles. The number of hydrogen-bond acceptors (Lipinski definition) is 6. The molecule has 1 aromatic heterocycles. The molecule has 0 bridgehead atoms. The molecule has 2 rings (SSSR count). The second kappa shape index (κ2) is 8.03. The third kappa shape index (κ3) is 4.87. The summed E-state index contributed by atoms with van der Waals surface area (Å²) in [6.45, 7) is 2.56. The summed E-state index contributed by atoms with van der Waals surface area (Å²) in [4.78, 5) is 23.4. The van der Waals surface area contributed by atoms with Gasteiger partial charge in [-0.15, -0.1) is 0 Å². The SMILES string of the molecule is Cc1cc(OCC(=O)OCC(=O)Nc2c(Cl)ccc(C)c2Cl)no1. The highest BCUT2D eigenvalue weighted by molar-refractivity contribution is 6.40. The van der Waals surface area contributed by atoms with E-state index in [0.717, 1.165) is 5.56 Å². The van der Waals surface area contributed by atoms with Crippen LogP contribution in [0.15, 0.2) is 22.7 Å². The monoisotopic (exact) mass is 372 g/mol. The molecule has 1 amide bonds. The number of aromatic nitrogens is 1. The maximum absolute atomic E-state index is 11.8. The molecule has 1 heterocycles. The molecule has 2 aromatic rings. The van der Waals surface area contributed by atoms with Gasteiger partial charge in [-0.2, -0.15) is 0 Å². The number of amides is 1. The average Bonchev–Trinajstić information content (AvgIpc) is 2.97. The van der Waals surface area contributed by atoms with Crippen molar-refractivity contribution < 1.29 is 23.6 Å². The Morgan fingerprint density at radius 1 is 1.25 bits per heavy atom. The van der Waals surface area contributed by atoms with E-state index in [0.29, 0.717) is 10.8 Å². The predicted molar refractivity (Wildman–Crippen MR) is 87.5 cm³/mol. The molecular weight excluding hydrogens is 359 g/mol. The zero-order valence-corrected chi connectivity index (χ0v) is 14.4. The molecule has 0 unspecified atom stereocenters. The lowest BCUT2D eigenvalue weighted by molar-refractivity contribution is -0.149. The van der Waals surface area contributed by atoms with Crippen LogP contribution in [0.1, 0.15) is 11.3 Å². The van der Waals surface area contributed by atoms with Gasteiger partial charge >= 0.3 is 5.97 Å². The van der Waals surface area contributed by atoms with Gasteiger partial charge in [-0.25, -0.2) is 4.79 Å². The van der Waals surface area contributed by atoms with E-state index in [1.54, 1.807) is 26.0 Å². The molecule has 0 aliphatic rings. The number of halogens is 2. The zero-order chi connectivity index (χ0) is 17.7. The quantitative estimate of drug-likeness (QED) is 0.783. The van der Waals surface area contributed by atoms with Gasteiger partial charge < -0.3 is 19.3 Å². The van der Waals surface area contributed by atoms with Crippen molar-refractivity contribution in [3.63, 3.8) is 0 Å².